The molecule has 0 saturated carbocycles. The Balaban J connectivity index is 1.70. The first-order valence-electron chi connectivity index (χ1n) is 10.3. The summed E-state index contributed by atoms with van der Waals surface area (Å²) in [5, 5.41) is 0. The molecule has 0 atom stereocenters. The number of hydrogen-bond donors (Lipinski definition) is 1. The van der Waals surface area contributed by atoms with Crippen LogP contribution < -0.4 is 14.4 Å². The van der Waals surface area contributed by atoms with Gasteiger partial charge < -0.3 is 14.4 Å². The van der Waals surface area contributed by atoms with E-state index in [9.17, 15) is 13.2 Å². The summed E-state index contributed by atoms with van der Waals surface area (Å²) >= 11 is 0. The van der Waals surface area contributed by atoms with E-state index in [0.717, 1.165) is 5.69 Å². The van der Waals surface area contributed by atoms with E-state index in [4.69, 9.17) is 9.47 Å². The third-order valence-corrected chi connectivity index (χ3v) is 6.57. The molecule has 1 N–H and O–H groups in total. The molecule has 0 radical (unpaired) electrons. The highest BCUT2D eigenvalue weighted by Crippen LogP contribution is 2.31. The van der Waals surface area contributed by atoms with Crippen molar-refractivity contribution in [2.24, 2.45) is 5.41 Å². The molecular formula is C23H30N2O5S. The second kappa shape index (κ2) is 9.18. The number of esters is 1. The van der Waals surface area contributed by atoms with Gasteiger partial charge in [-0.3, -0.25) is 9.52 Å². The van der Waals surface area contributed by atoms with Crippen LogP contribution in [-0.4, -0.2) is 40.7 Å². The van der Waals surface area contributed by atoms with Crippen molar-refractivity contribution in [2.45, 2.75) is 44.6 Å². The number of carbonyl (C=O) groups is 1. The van der Waals surface area contributed by atoms with Gasteiger partial charge in [-0.2, -0.15) is 0 Å². The molecular weight excluding hydrogens is 416 g/mol. The zero-order valence-corrected chi connectivity index (χ0v) is 19.2. The lowest BCUT2D eigenvalue weighted by atomic mass is 9.97. The van der Waals surface area contributed by atoms with E-state index in [1.54, 1.807) is 24.3 Å². The summed E-state index contributed by atoms with van der Waals surface area (Å²) in [5.74, 6) is 0.396. The van der Waals surface area contributed by atoms with Gasteiger partial charge in [0.25, 0.3) is 10.0 Å². The number of nitrogens with one attached hydrogen (secondary N) is 1. The normalized spacial score (nSPS) is 15.4. The fourth-order valence-electron chi connectivity index (χ4n) is 3.34. The highest BCUT2D eigenvalue weighted by Gasteiger charge is 2.29. The second-order valence-corrected chi connectivity index (χ2v) is 10.3. The van der Waals surface area contributed by atoms with Crippen molar-refractivity contribution in [3.63, 3.8) is 0 Å². The summed E-state index contributed by atoms with van der Waals surface area (Å²) in [7, 11) is -2.21. The summed E-state index contributed by atoms with van der Waals surface area (Å²) in [4.78, 5) is 14.4. The summed E-state index contributed by atoms with van der Waals surface area (Å²) in [6.45, 7) is 6.87. The van der Waals surface area contributed by atoms with Gasteiger partial charge >= 0.3 is 5.97 Å². The van der Waals surface area contributed by atoms with E-state index < -0.39 is 15.4 Å². The average Bonchev–Trinajstić information content (AvgIpc) is 2.74. The van der Waals surface area contributed by atoms with Crippen LogP contribution in [0, 0.1) is 5.41 Å². The Hall–Kier alpha value is -2.74. The maximum atomic E-state index is 12.9. The number of anilines is 2. The van der Waals surface area contributed by atoms with Crippen molar-refractivity contribution in [3.8, 4) is 5.75 Å². The zero-order valence-electron chi connectivity index (χ0n) is 18.4. The van der Waals surface area contributed by atoms with E-state index in [-0.39, 0.29) is 17.0 Å². The summed E-state index contributed by atoms with van der Waals surface area (Å²) in [6, 6.07) is 13.6. The van der Waals surface area contributed by atoms with Crippen LogP contribution in [0.3, 0.4) is 0 Å². The maximum Gasteiger partial charge on any atom is 0.311 e. The molecule has 1 aliphatic heterocycles. The standard InChI is InChI=1S/C23H30N2O5S/c1-23(2,3)22(26)30-18-13-15-25(16-14-18)21-8-6-5-7-20(21)24-31(27,28)19-11-9-17(29-4)10-12-19/h5-12,18,24H,13-16H2,1-4H3. The summed E-state index contributed by atoms with van der Waals surface area (Å²) < 4.78 is 39.2. The Morgan fingerprint density at radius 1 is 1.03 bits per heavy atom. The van der Waals surface area contributed by atoms with Crippen molar-refractivity contribution in [3.05, 3.63) is 48.5 Å². The molecule has 1 fully saturated rings. The van der Waals surface area contributed by atoms with Crippen LogP contribution >= 0.6 is 0 Å². The van der Waals surface area contributed by atoms with Crippen LogP contribution in [0.4, 0.5) is 11.4 Å². The van der Waals surface area contributed by atoms with E-state index in [0.29, 0.717) is 37.4 Å². The quantitative estimate of drug-likeness (QED) is 0.674. The van der Waals surface area contributed by atoms with E-state index in [1.807, 2.05) is 32.9 Å². The van der Waals surface area contributed by atoms with Gasteiger partial charge in [0.2, 0.25) is 0 Å². The molecule has 7 nitrogen and oxygen atoms in total. The molecule has 0 unspecified atom stereocenters. The van der Waals surface area contributed by atoms with Gasteiger partial charge in [0.1, 0.15) is 11.9 Å². The van der Waals surface area contributed by atoms with Gasteiger partial charge in [0.15, 0.2) is 0 Å². The van der Waals surface area contributed by atoms with Gasteiger partial charge in [-0.1, -0.05) is 12.1 Å². The molecule has 1 saturated heterocycles. The summed E-state index contributed by atoms with van der Waals surface area (Å²) in [5.41, 5.74) is 0.798. The minimum Gasteiger partial charge on any atom is -0.497 e. The number of nitrogens with zero attached hydrogens (tertiary/aromatic N) is 1. The SMILES string of the molecule is COc1ccc(S(=O)(=O)Nc2ccccc2N2CCC(OC(=O)C(C)(C)C)CC2)cc1. The smallest absolute Gasteiger partial charge is 0.311 e. The highest BCUT2D eigenvalue weighted by atomic mass is 32.2. The molecule has 2 aromatic carbocycles. The Morgan fingerprint density at radius 3 is 2.23 bits per heavy atom. The zero-order chi connectivity index (χ0) is 22.6. The number of piperidine rings is 1. The molecule has 168 valence electrons. The summed E-state index contributed by atoms with van der Waals surface area (Å²) in [6.07, 6.45) is 1.27. The molecule has 3 rings (SSSR count). The average molecular weight is 447 g/mol. The first kappa shape index (κ1) is 22.9. The van der Waals surface area contributed by atoms with Gasteiger partial charge in [-0.15, -0.1) is 0 Å². The number of methoxy groups -OCH3 is 1. The van der Waals surface area contributed by atoms with Gasteiger partial charge in [0.05, 0.1) is 28.8 Å². The maximum absolute atomic E-state index is 12.9. The molecule has 0 aromatic heterocycles. The van der Waals surface area contributed by atoms with Crippen molar-refractivity contribution in [2.75, 3.05) is 29.8 Å². The van der Waals surface area contributed by atoms with E-state index >= 15 is 0 Å². The van der Waals surface area contributed by atoms with Crippen LogP contribution in [0.1, 0.15) is 33.6 Å². The number of hydrogen-bond acceptors (Lipinski definition) is 6. The van der Waals surface area contributed by atoms with Crippen LogP contribution in [0.5, 0.6) is 5.75 Å². The third-order valence-electron chi connectivity index (χ3n) is 5.19. The number of para-hydroxylation sites is 2. The van der Waals surface area contributed by atoms with E-state index in [1.165, 1.54) is 19.2 Å². The minimum absolute atomic E-state index is 0.119. The fraction of sp³-hybridized carbons (Fsp3) is 0.435. The molecule has 31 heavy (non-hydrogen) atoms. The number of rotatable bonds is 6. The second-order valence-electron chi connectivity index (χ2n) is 8.64. The lowest BCUT2D eigenvalue weighted by Gasteiger charge is -2.35. The number of benzene rings is 2. The Labute approximate surface area is 184 Å². The van der Waals surface area contributed by atoms with E-state index in [2.05, 4.69) is 9.62 Å². The third kappa shape index (κ3) is 5.70. The van der Waals surface area contributed by atoms with Crippen molar-refractivity contribution < 1.29 is 22.7 Å². The Kier molecular flexibility index (Phi) is 6.79. The lowest BCUT2D eigenvalue weighted by molar-refractivity contribution is -0.159. The highest BCUT2D eigenvalue weighted by molar-refractivity contribution is 7.92. The molecule has 1 heterocycles. The molecule has 0 bridgehead atoms. The molecule has 0 amide bonds. The fourth-order valence-corrected chi connectivity index (χ4v) is 4.41. The predicted octanol–water partition coefficient (Wildman–Crippen LogP) is 4.05. The number of carbonyl (C=O) groups excluding carboxylic acids is 1. The predicted molar refractivity (Wildman–Crippen MR) is 121 cm³/mol. The largest absolute Gasteiger partial charge is 0.497 e. The van der Waals surface area contributed by atoms with Crippen molar-refractivity contribution in [1.82, 2.24) is 0 Å². The topological polar surface area (TPSA) is 84.9 Å². The molecule has 2 aromatic rings. The molecule has 8 heteroatoms. The molecule has 0 spiro atoms. The first-order chi connectivity index (χ1) is 14.6. The Morgan fingerprint density at radius 2 is 1.65 bits per heavy atom. The minimum atomic E-state index is -3.74. The monoisotopic (exact) mass is 446 g/mol. The van der Waals surface area contributed by atoms with Crippen molar-refractivity contribution in [1.29, 1.82) is 0 Å². The molecule has 0 aliphatic carbocycles. The Bertz CT molecular complexity index is 1010. The van der Waals surface area contributed by atoms with Crippen LogP contribution in [-0.2, 0) is 19.6 Å². The van der Waals surface area contributed by atoms with Crippen LogP contribution in [0.25, 0.3) is 0 Å². The van der Waals surface area contributed by atoms with Crippen molar-refractivity contribution >= 4 is 27.4 Å². The van der Waals surface area contributed by atoms with Crippen LogP contribution in [0.2, 0.25) is 0 Å². The first-order valence-corrected chi connectivity index (χ1v) is 11.8. The van der Waals surface area contributed by atoms with Gasteiger partial charge in [-0.25, -0.2) is 8.42 Å². The number of ether oxygens (including phenoxy) is 2. The van der Waals surface area contributed by atoms with Gasteiger partial charge in [-0.05, 0) is 57.2 Å². The lowest BCUT2D eigenvalue weighted by Crippen LogP contribution is -2.39. The van der Waals surface area contributed by atoms with Crippen LogP contribution in [0.15, 0.2) is 53.4 Å². The molecule has 1 aliphatic rings. The number of sulfonamides is 1. The van der Waals surface area contributed by atoms with Gasteiger partial charge in [0, 0.05) is 25.9 Å².